The Hall–Kier alpha value is -2.09. The largest absolute Gasteiger partial charge is 0.465 e. The fraction of sp³-hybridized carbons (Fsp3) is 0.600. The van der Waals surface area contributed by atoms with E-state index >= 15 is 0 Å². The van der Waals surface area contributed by atoms with Crippen LogP contribution in [0.5, 0.6) is 0 Å². The fourth-order valence-corrected chi connectivity index (χ4v) is 2.76. The number of rotatable bonds is 9. The first-order valence-electron chi connectivity index (χ1n) is 9.73. The number of amidine groups is 1. The summed E-state index contributed by atoms with van der Waals surface area (Å²) in [6, 6.07) is 4.23. The van der Waals surface area contributed by atoms with Crippen molar-refractivity contribution in [2.75, 3.05) is 26.2 Å². The van der Waals surface area contributed by atoms with Crippen LogP contribution in [0.15, 0.2) is 29.3 Å². The van der Waals surface area contributed by atoms with Crippen LogP contribution in [0, 0.1) is 0 Å². The van der Waals surface area contributed by atoms with Crippen LogP contribution in [-0.2, 0) is 10.9 Å². The second kappa shape index (κ2) is 11.7. The Balaban J connectivity index is 2.75. The molecule has 1 atom stereocenters. The highest BCUT2D eigenvalue weighted by Crippen LogP contribution is 2.29. The normalized spacial score (nSPS) is 13.5. The first kappa shape index (κ1) is 23.9. The number of nitrogens with one attached hydrogen (secondary N) is 2. The van der Waals surface area contributed by atoms with E-state index in [-0.39, 0.29) is 24.2 Å². The topological polar surface area (TPSA) is 55.1 Å². The molecule has 1 rings (SSSR count). The molecule has 0 aliphatic heterocycles. The molecule has 0 spiro atoms. The standard InChI is InChI=1S/C20H30F3N3O2/c1-5-26(6-2)13-9-10-15(4)24-19(28-7-3)25-18(27)16-11-8-12-17(14-16)20(21,22)23/h8,11-12,14-15H,5-7,9-10,13H2,1-4H3,(H,24,25,27)/p+1/t15-/m1/s1. The highest BCUT2D eigenvalue weighted by molar-refractivity contribution is 6.04. The molecule has 158 valence electrons. The van der Waals surface area contributed by atoms with Crippen molar-refractivity contribution in [3.8, 4) is 0 Å². The van der Waals surface area contributed by atoms with Crippen molar-refractivity contribution in [1.82, 2.24) is 5.32 Å². The smallest absolute Gasteiger partial charge is 0.416 e. The van der Waals surface area contributed by atoms with E-state index in [9.17, 15) is 18.0 Å². The summed E-state index contributed by atoms with van der Waals surface area (Å²) in [5.74, 6) is -0.682. The minimum absolute atomic E-state index is 0.0348. The zero-order valence-corrected chi connectivity index (χ0v) is 17.0. The van der Waals surface area contributed by atoms with Gasteiger partial charge in [0, 0.05) is 5.56 Å². The number of nitrogens with zero attached hydrogens (tertiary/aromatic N) is 1. The van der Waals surface area contributed by atoms with Crippen LogP contribution in [0.3, 0.4) is 0 Å². The molecule has 0 bridgehead atoms. The average molecular weight is 402 g/mol. The van der Waals surface area contributed by atoms with E-state index in [2.05, 4.69) is 24.2 Å². The number of hydrogen-bond donors (Lipinski definition) is 2. The van der Waals surface area contributed by atoms with E-state index in [1.807, 2.05) is 6.92 Å². The van der Waals surface area contributed by atoms with Gasteiger partial charge in [0.25, 0.3) is 11.9 Å². The molecule has 0 radical (unpaired) electrons. The Kier molecular flexibility index (Phi) is 9.99. The quantitative estimate of drug-likeness (QED) is 0.493. The number of hydrogen-bond acceptors (Lipinski definition) is 3. The van der Waals surface area contributed by atoms with Gasteiger partial charge in [-0.3, -0.25) is 10.1 Å². The van der Waals surface area contributed by atoms with E-state index in [4.69, 9.17) is 4.74 Å². The van der Waals surface area contributed by atoms with Crippen LogP contribution >= 0.6 is 0 Å². The van der Waals surface area contributed by atoms with Crippen molar-refractivity contribution in [2.45, 2.75) is 52.8 Å². The van der Waals surface area contributed by atoms with Crippen LogP contribution in [0.25, 0.3) is 0 Å². The van der Waals surface area contributed by atoms with E-state index in [0.29, 0.717) is 0 Å². The second-order valence-electron chi connectivity index (χ2n) is 6.60. The Morgan fingerprint density at radius 2 is 1.93 bits per heavy atom. The number of halogens is 3. The van der Waals surface area contributed by atoms with Gasteiger partial charge in [-0.1, -0.05) is 6.07 Å². The van der Waals surface area contributed by atoms with Gasteiger partial charge in [-0.25, -0.2) is 4.99 Å². The van der Waals surface area contributed by atoms with Gasteiger partial charge < -0.3 is 9.64 Å². The van der Waals surface area contributed by atoms with Gasteiger partial charge in [0.2, 0.25) is 0 Å². The van der Waals surface area contributed by atoms with Crippen molar-refractivity contribution >= 4 is 11.9 Å². The third kappa shape index (κ3) is 8.29. The van der Waals surface area contributed by atoms with Crippen LogP contribution in [0.2, 0.25) is 0 Å². The van der Waals surface area contributed by atoms with Gasteiger partial charge in [-0.15, -0.1) is 0 Å². The summed E-state index contributed by atoms with van der Waals surface area (Å²) >= 11 is 0. The van der Waals surface area contributed by atoms with Crippen LogP contribution in [0.1, 0.15) is 56.5 Å². The zero-order valence-electron chi connectivity index (χ0n) is 17.0. The highest BCUT2D eigenvalue weighted by atomic mass is 19.4. The number of alkyl halides is 3. The van der Waals surface area contributed by atoms with Crippen LogP contribution in [0.4, 0.5) is 13.2 Å². The predicted molar refractivity (Wildman–Crippen MR) is 104 cm³/mol. The molecule has 0 saturated carbocycles. The molecule has 0 unspecified atom stereocenters. The Bertz CT molecular complexity index is 644. The highest BCUT2D eigenvalue weighted by Gasteiger charge is 2.31. The number of quaternary nitrogens is 1. The molecular formula is C20H31F3N3O2+. The van der Waals surface area contributed by atoms with Gasteiger partial charge in [-0.2, -0.15) is 13.2 Å². The molecule has 28 heavy (non-hydrogen) atoms. The molecule has 1 aromatic rings. The summed E-state index contributed by atoms with van der Waals surface area (Å²) in [5.41, 5.74) is -0.970. The molecule has 0 saturated heterocycles. The van der Waals surface area contributed by atoms with Crippen molar-refractivity contribution in [1.29, 1.82) is 0 Å². The van der Waals surface area contributed by atoms with E-state index in [0.717, 1.165) is 44.6 Å². The Labute approximate surface area is 165 Å². The summed E-state index contributed by atoms with van der Waals surface area (Å²) < 4.78 is 43.9. The van der Waals surface area contributed by atoms with Crippen molar-refractivity contribution in [3.05, 3.63) is 35.4 Å². The maximum atomic E-state index is 12.8. The van der Waals surface area contributed by atoms with Gasteiger partial charge in [-0.05, 0) is 58.7 Å². The van der Waals surface area contributed by atoms with Crippen molar-refractivity contribution in [2.24, 2.45) is 4.99 Å². The summed E-state index contributed by atoms with van der Waals surface area (Å²) in [6.07, 6.45) is -2.68. The summed E-state index contributed by atoms with van der Waals surface area (Å²) in [7, 11) is 0. The third-order valence-corrected chi connectivity index (χ3v) is 4.44. The predicted octanol–water partition coefficient (Wildman–Crippen LogP) is 2.92. The maximum absolute atomic E-state index is 12.8. The fourth-order valence-electron chi connectivity index (χ4n) is 2.76. The lowest BCUT2D eigenvalue weighted by molar-refractivity contribution is -0.896. The van der Waals surface area contributed by atoms with E-state index in [1.165, 1.54) is 17.0 Å². The number of benzene rings is 1. The van der Waals surface area contributed by atoms with Crippen LogP contribution in [-0.4, -0.2) is 44.2 Å². The van der Waals surface area contributed by atoms with Crippen LogP contribution < -0.4 is 10.2 Å². The molecule has 1 aromatic carbocycles. The summed E-state index contributed by atoms with van der Waals surface area (Å²) in [5, 5.41) is 2.48. The zero-order chi connectivity index (χ0) is 21.2. The number of amides is 1. The maximum Gasteiger partial charge on any atom is 0.416 e. The number of carbonyl (C=O) groups excluding carboxylic acids is 1. The minimum atomic E-state index is -4.51. The molecule has 0 fully saturated rings. The molecule has 5 nitrogen and oxygen atoms in total. The molecular weight excluding hydrogens is 371 g/mol. The lowest BCUT2D eigenvalue weighted by Gasteiger charge is -2.16. The van der Waals surface area contributed by atoms with E-state index in [1.54, 1.807) is 6.92 Å². The minimum Gasteiger partial charge on any atom is -0.465 e. The first-order chi connectivity index (χ1) is 13.2. The number of aliphatic imine (C=N–C) groups is 1. The van der Waals surface area contributed by atoms with Gasteiger partial charge >= 0.3 is 6.18 Å². The monoisotopic (exact) mass is 402 g/mol. The first-order valence-corrected chi connectivity index (χ1v) is 9.73. The van der Waals surface area contributed by atoms with Crippen molar-refractivity contribution < 1.29 is 27.6 Å². The molecule has 0 aromatic heterocycles. The van der Waals surface area contributed by atoms with E-state index < -0.39 is 17.6 Å². The second-order valence-corrected chi connectivity index (χ2v) is 6.60. The number of ether oxygens (including phenoxy) is 1. The lowest BCUT2D eigenvalue weighted by atomic mass is 10.1. The Morgan fingerprint density at radius 1 is 1.25 bits per heavy atom. The molecule has 0 heterocycles. The molecule has 8 heteroatoms. The van der Waals surface area contributed by atoms with Gasteiger partial charge in [0.1, 0.15) is 0 Å². The average Bonchev–Trinajstić information content (AvgIpc) is 2.65. The van der Waals surface area contributed by atoms with Gasteiger partial charge in [0.05, 0.1) is 37.8 Å². The lowest BCUT2D eigenvalue weighted by Crippen LogP contribution is -3.11. The van der Waals surface area contributed by atoms with Gasteiger partial charge in [0.15, 0.2) is 0 Å². The molecule has 1 amide bonds. The number of carbonyl (C=O) groups is 1. The summed E-state index contributed by atoms with van der Waals surface area (Å²) in [4.78, 5) is 18.2. The molecule has 0 aliphatic carbocycles. The molecule has 0 aliphatic rings. The Morgan fingerprint density at radius 3 is 2.50 bits per heavy atom. The summed E-state index contributed by atoms with van der Waals surface area (Å²) in [6.45, 7) is 11.5. The SMILES string of the molecule is CCOC(=N[C@H](C)CCC[NH+](CC)CC)NC(=O)c1cccc(C(F)(F)F)c1. The molecule has 2 N–H and O–H groups in total. The third-order valence-electron chi connectivity index (χ3n) is 4.44. The van der Waals surface area contributed by atoms with Crippen molar-refractivity contribution in [3.63, 3.8) is 0 Å².